The average Bonchev–Trinajstić information content (AvgIpc) is 2.91. The largest absolute Gasteiger partial charge is 0.352 e. The van der Waals surface area contributed by atoms with E-state index in [-0.39, 0.29) is 17.5 Å². The van der Waals surface area contributed by atoms with Gasteiger partial charge in [-0.05, 0) is 25.8 Å². The van der Waals surface area contributed by atoms with Crippen LogP contribution in [0, 0.1) is 6.92 Å². The van der Waals surface area contributed by atoms with Gasteiger partial charge in [0.05, 0.1) is 11.5 Å². The quantitative estimate of drug-likeness (QED) is 0.853. The second-order valence-electron chi connectivity index (χ2n) is 6.44. The highest BCUT2D eigenvalue weighted by Crippen LogP contribution is 2.20. The number of anilines is 2. The molecule has 0 amide bonds. The van der Waals surface area contributed by atoms with Crippen molar-refractivity contribution in [3.8, 4) is 0 Å². The zero-order chi connectivity index (χ0) is 17.9. The Morgan fingerprint density at radius 2 is 2.00 bits per heavy atom. The molecular weight excluding hydrogens is 336 g/mol. The Morgan fingerprint density at radius 3 is 2.64 bits per heavy atom. The lowest BCUT2D eigenvalue weighted by Gasteiger charge is -2.23. The van der Waals surface area contributed by atoms with Crippen molar-refractivity contribution < 1.29 is 8.42 Å². The van der Waals surface area contributed by atoms with Crippen LogP contribution in [-0.4, -0.2) is 42.5 Å². The molecule has 1 aliphatic rings. The van der Waals surface area contributed by atoms with Gasteiger partial charge < -0.3 is 10.2 Å². The van der Waals surface area contributed by atoms with Crippen molar-refractivity contribution in [2.45, 2.75) is 32.9 Å². The fourth-order valence-electron chi connectivity index (χ4n) is 3.03. The SMILES string of the molecule is CCN(Cc1ccccc1)c1cc(C)nc(NC2CCS(=O)(=O)C2)n1. The second kappa shape index (κ2) is 7.39. The van der Waals surface area contributed by atoms with Gasteiger partial charge in [0.2, 0.25) is 5.95 Å². The van der Waals surface area contributed by atoms with Crippen molar-refractivity contribution in [1.82, 2.24) is 9.97 Å². The summed E-state index contributed by atoms with van der Waals surface area (Å²) in [5.74, 6) is 1.74. The van der Waals surface area contributed by atoms with E-state index in [0.717, 1.165) is 24.6 Å². The smallest absolute Gasteiger partial charge is 0.225 e. The summed E-state index contributed by atoms with van der Waals surface area (Å²) >= 11 is 0. The van der Waals surface area contributed by atoms with E-state index < -0.39 is 9.84 Å². The van der Waals surface area contributed by atoms with Gasteiger partial charge in [-0.1, -0.05) is 30.3 Å². The van der Waals surface area contributed by atoms with Gasteiger partial charge in [0.25, 0.3) is 0 Å². The van der Waals surface area contributed by atoms with E-state index in [0.29, 0.717) is 12.4 Å². The minimum absolute atomic E-state index is 0.108. The van der Waals surface area contributed by atoms with Crippen molar-refractivity contribution in [2.75, 3.05) is 28.3 Å². The zero-order valence-corrected chi connectivity index (χ0v) is 15.5. The topological polar surface area (TPSA) is 75.2 Å². The van der Waals surface area contributed by atoms with Crippen LogP contribution in [-0.2, 0) is 16.4 Å². The van der Waals surface area contributed by atoms with E-state index in [1.807, 2.05) is 31.2 Å². The van der Waals surface area contributed by atoms with Crippen LogP contribution in [0.3, 0.4) is 0 Å². The van der Waals surface area contributed by atoms with E-state index in [9.17, 15) is 8.42 Å². The van der Waals surface area contributed by atoms with Gasteiger partial charge in [-0.25, -0.2) is 13.4 Å². The van der Waals surface area contributed by atoms with Gasteiger partial charge in [0.15, 0.2) is 9.84 Å². The van der Waals surface area contributed by atoms with Crippen LogP contribution in [0.15, 0.2) is 36.4 Å². The number of aromatic nitrogens is 2. The zero-order valence-electron chi connectivity index (χ0n) is 14.6. The summed E-state index contributed by atoms with van der Waals surface area (Å²) in [6, 6.07) is 12.1. The fraction of sp³-hybridized carbons (Fsp3) is 0.444. The minimum atomic E-state index is -2.93. The Morgan fingerprint density at radius 1 is 1.24 bits per heavy atom. The number of sulfone groups is 1. The molecule has 3 rings (SSSR count). The molecular formula is C18H24N4O2S. The molecule has 0 saturated carbocycles. The highest BCUT2D eigenvalue weighted by Gasteiger charge is 2.28. The summed E-state index contributed by atoms with van der Waals surface area (Å²) in [6.45, 7) is 5.61. The lowest BCUT2D eigenvalue weighted by molar-refractivity contribution is 0.602. The maximum Gasteiger partial charge on any atom is 0.225 e. The summed E-state index contributed by atoms with van der Waals surface area (Å²) in [4.78, 5) is 11.2. The normalized spacial score (nSPS) is 18.9. The number of nitrogens with zero attached hydrogens (tertiary/aromatic N) is 3. The number of nitrogens with one attached hydrogen (secondary N) is 1. The first-order valence-electron chi connectivity index (χ1n) is 8.57. The molecule has 25 heavy (non-hydrogen) atoms. The minimum Gasteiger partial charge on any atom is -0.352 e. The molecule has 134 valence electrons. The Hall–Kier alpha value is -2.15. The molecule has 0 aliphatic carbocycles. The maximum atomic E-state index is 11.6. The summed E-state index contributed by atoms with van der Waals surface area (Å²) in [5.41, 5.74) is 2.08. The molecule has 2 heterocycles. The Labute approximate surface area is 149 Å². The van der Waals surface area contributed by atoms with E-state index in [1.54, 1.807) is 0 Å². The molecule has 1 atom stereocenters. The molecule has 1 saturated heterocycles. The van der Waals surface area contributed by atoms with Crippen molar-refractivity contribution in [3.05, 3.63) is 47.7 Å². The Bertz CT molecular complexity index is 824. The molecule has 1 unspecified atom stereocenters. The lowest BCUT2D eigenvalue weighted by Crippen LogP contribution is -2.26. The molecule has 1 aromatic carbocycles. The average molecular weight is 360 g/mol. The third-order valence-corrected chi connectivity index (χ3v) is 6.10. The van der Waals surface area contributed by atoms with Crippen LogP contribution in [0.25, 0.3) is 0 Å². The molecule has 6 nitrogen and oxygen atoms in total. The molecule has 1 fully saturated rings. The number of hydrogen-bond acceptors (Lipinski definition) is 6. The van der Waals surface area contributed by atoms with Gasteiger partial charge in [0, 0.05) is 30.9 Å². The molecule has 1 N–H and O–H groups in total. The molecule has 7 heteroatoms. The van der Waals surface area contributed by atoms with E-state index in [1.165, 1.54) is 5.56 Å². The number of aryl methyl sites for hydroxylation is 1. The van der Waals surface area contributed by atoms with Crippen molar-refractivity contribution in [1.29, 1.82) is 0 Å². The summed E-state index contributed by atoms with van der Waals surface area (Å²) in [5, 5.41) is 3.19. The van der Waals surface area contributed by atoms with Gasteiger partial charge in [-0.3, -0.25) is 0 Å². The number of hydrogen-bond donors (Lipinski definition) is 1. The van der Waals surface area contributed by atoms with E-state index >= 15 is 0 Å². The van der Waals surface area contributed by atoms with Crippen molar-refractivity contribution in [3.63, 3.8) is 0 Å². The van der Waals surface area contributed by atoms with Crippen LogP contribution in [0.5, 0.6) is 0 Å². The first-order valence-corrected chi connectivity index (χ1v) is 10.4. The van der Waals surface area contributed by atoms with E-state index in [2.05, 4.69) is 39.2 Å². The highest BCUT2D eigenvalue weighted by atomic mass is 32.2. The lowest BCUT2D eigenvalue weighted by atomic mass is 10.2. The van der Waals surface area contributed by atoms with Crippen LogP contribution in [0.4, 0.5) is 11.8 Å². The predicted octanol–water partition coefficient (Wildman–Crippen LogP) is 2.41. The Kier molecular flexibility index (Phi) is 5.22. The highest BCUT2D eigenvalue weighted by molar-refractivity contribution is 7.91. The third kappa shape index (κ3) is 4.69. The molecule has 1 aliphatic heterocycles. The number of benzene rings is 1. The Balaban J connectivity index is 1.78. The monoisotopic (exact) mass is 360 g/mol. The second-order valence-corrected chi connectivity index (χ2v) is 8.66. The summed E-state index contributed by atoms with van der Waals surface area (Å²) in [6.07, 6.45) is 0.608. The van der Waals surface area contributed by atoms with Crippen molar-refractivity contribution in [2.24, 2.45) is 0 Å². The van der Waals surface area contributed by atoms with Crippen LogP contribution in [0.2, 0.25) is 0 Å². The van der Waals surface area contributed by atoms with E-state index in [4.69, 9.17) is 0 Å². The fourth-order valence-corrected chi connectivity index (χ4v) is 4.70. The van der Waals surface area contributed by atoms with Crippen LogP contribution >= 0.6 is 0 Å². The van der Waals surface area contributed by atoms with Gasteiger partial charge in [-0.15, -0.1) is 0 Å². The van der Waals surface area contributed by atoms with Gasteiger partial charge in [0.1, 0.15) is 5.82 Å². The molecule has 0 bridgehead atoms. The maximum absolute atomic E-state index is 11.6. The first-order chi connectivity index (χ1) is 11.9. The van der Waals surface area contributed by atoms with Gasteiger partial charge in [-0.2, -0.15) is 4.98 Å². The summed E-state index contributed by atoms with van der Waals surface area (Å²) < 4.78 is 23.3. The van der Waals surface area contributed by atoms with Gasteiger partial charge >= 0.3 is 0 Å². The molecule has 0 spiro atoms. The summed E-state index contributed by atoms with van der Waals surface area (Å²) in [7, 11) is -2.93. The van der Waals surface area contributed by atoms with Crippen molar-refractivity contribution >= 4 is 21.6 Å². The predicted molar refractivity (Wildman–Crippen MR) is 101 cm³/mol. The van der Waals surface area contributed by atoms with Crippen LogP contribution in [0.1, 0.15) is 24.6 Å². The van der Waals surface area contributed by atoms with Crippen LogP contribution < -0.4 is 10.2 Å². The number of rotatable bonds is 6. The molecule has 0 radical (unpaired) electrons. The first kappa shape index (κ1) is 17.7. The molecule has 1 aromatic heterocycles. The third-order valence-electron chi connectivity index (χ3n) is 4.33. The standard InChI is InChI=1S/C18H24N4O2S/c1-3-22(12-15-7-5-4-6-8-15)17-11-14(2)19-18(21-17)20-16-9-10-25(23,24)13-16/h4-8,11,16H,3,9-10,12-13H2,1-2H3,(H,19,20,21). The molecule has 2 aromatic rings.